The molecule has 4 heteroatoms. The average molecular weight is 239 g/mol. The quantitative estimate of drug-likeness (QED) is 0.645. The molecular formula is C14H13N3O. The van der Waals surface area contributed by atoms with Gasteiger partial charge >= 0.3 is 0 Å². The first-order valence-corrected chi connectivity index (χ1v) is 5.76. The summed E-state index contributed by atoms with van der Waals surface area (Å²) in [5, 5.41) is 0.978. The van der Waals surface area contributed by atoms with Crippen molar-refractivity contribution in [1.29, 1.82) is 0 Å². The molecule has 0 amide bonds. The minimum atomic E-state index is 0.0760. The number of aryl methyl sites for hydroxylation is 1. The summed E-state index contributed by atoms with van der Waals surface area (Å²) in [6, 6.07) is 7.90. The van der Waals surface area contributed by atoms with Crippen molar-refractivity contribution in [2.24, 2.45) is 7.05 Å². The maximum Gasteiger partial charge on any atom is 0.161 e. The van der Waals surface area contributed by atoms with E-state index < -0.39 is 0 Å². The molecule has 0 aliphatic rings. The minimum absolute atomic E-state index is 0.0760. The predicted octanol–water partition coefficient (Wildman–Crippen LogP) is 2.57. The molecule has 0 atom stereocenters. The molecule has 3 rings (SSSR count). The number of rotatable bonds is 2. The molecule has 0 saturated heterocycles. The Balaban J connectivity index is 2.37. The standard InChI is InChI=1S/C14H13N3O/c1-10(18)12-8-17(14-7-15-9-16(14)2)13-6-4-3-5-11(12)13/h3-9H,1-2H3. The van der Waals surface area contributed by atoms with E-state index in [0.29, 0.717) is 0 Å². The van der Waals surface area contributed by atoms with E-state index in [0.717, 1.165) is 22.3 Å². The summed E-state index contributed by atoms with van der Waals surface area (Å²) >= 11 is 0. The smallest absolute Gasteiger partial charge is 0.161 e. The Bertz CT molecular complexity index is 736. The summed E-state index contributed by atoms with van der Waals surface area (Å²) in [7, 11) is 1.94. The number of carbonyl (C=O) groups excluding carboxylic acids is 1. The predicted molar refractivity (Wildman–Crippen MR) is 70.0 cm³/mol. The SMILES string of the molecule is CC(=O)c1cn(-c2cncn2C)c2ccccc12. The number of benzene rings is 1. The maximum absolute atomic E-state index is 11.7. The van der Waals surface area contributed by atoms with Crippen molar-refractivity contribution in [3.63, 3.8) is 0 Å². The summed E-state index contributed by atoms with van der Waals surface area (Å²) in [4.78, 5) is 15.8. The number of ketones is 1. The molecule has 2 aromatic heterocycles. The Labute approximate surface area is 104 Å². The Morgan fingerprint density at radius 2 is 2.06 bits per heavy atom. The molecule has 3 aromatic rings. The van der Waals surface area contributed by atoms with Gasteiger partial charge in [0.15, 0.2) is 5.78 Å². The van der Waals surface area contributed by atoms with E-state index >= 15 is 0 Å². The topological polar surface area (TPSA) is 39.8 Å². The van der Waals surface area contributed by atoms with E-state index in [2.05, 4.69) is 4.98 Å². The van der Waals surface area contributed by atoms with Gasteiger partial charge in [0, 0.05) is 24.2 Å². The molecule has 0 saturated carbocycles. The summed E-state index contributed by atoms with van der Waals surface area (Å²) in [5.74, 6) is 1.02. The highest BCUT2D eigenvalue weighted by Crippen LogP contribution is 2.24. The highest BCUT2D eigenvalue weighted by molar-refractivity contribution is 6.07. The second-order valence-electron chi connectivity index (χ2n) is 4.35. The summed E-state index contributed by atoms with van der Waals surface area (Å²) in [5.41, 5.74) is 1.76. The first-order chi connectivity index (χ1) is 8.68. The fourth-order valence-corrected chi connectivity index (χ4v) is 2.23. The number of nitrogens with zero attached hydrogens (tertiary/aromatic N) is 3. The van der Waals surface area contributed by atoms with Crippen molar-refractivity contribution in [2.75, 3.05) is 0 Å². The van der Waals surface area contributed by atoms with Gasteiger partial charge in [-0.2, -0.15) is 0 Å². The molecular weight excluding hydrogens is 226 g/mol. The molecule has 18 heavy (non-hydrogen) atoms. The van der Waals surface area contributed by atoms with Crippen LogP contribution in [0, 0.1) is 0 Å². The first-order valence-electron chi connectivity index (χ1n) is 5.76. The zero-order chi connectivity index (χ0) is 12.7. The Kier molecular flexibility index (Phi) is 2.30. The highest BCUT2D eigenvalue weighted by Gasteiger charge is 2.13. The number of Topliss-reactive ketones (excluding diaryl/α,β-unsaturated/α-hetero) is 1. The monoisotopic (exact) mass is 239 g/mol. The molecule has 0 spiro atoms. The van der Waals surface area contributed by atoms with E-state index in [-0.39, 0.29) is 5.78 Å². The molecule has 0 N–H and O–H groups in total. The number of fused-ring (bicyclic) bond motifs is 1. The molecule has 0 aliphatic heterocycles. The average Bonchev–Trinajstić information content (AvgIpc) is 2.92. The zero-order valence-corrected chi connectivity index (χ0v) is 10.3. The molecule has 1 aromatic carbocycles. The van der Waals surface area contributed by atoms with Gasteiger partial charge in [-0.05, 0) is 13.0 Å². The van der Waals surface area contributed by atoms with Crippen LogP contribution in [0.2, 0.25) is 0 Å². The van der Waals surface area contributed by atoms with E-state index in [4.69, 9.17) is 0 Å². The van der Waals surface area contributed by atoms with Crippen LogP contribution in [-0.4, -0.2) is 19.9 Å². The van der Waals surface area contributed by atoms with Gasteiger partial charge in [-0.15, -0.1) is 0 Å². The lowest BCUT2D eigenvalue weighted by Gasteiger charge is -2.04. The summed E-state index contributed by atoms with van der Waals surface area (Å²) < 4.78 is 3.93. The van der Waals surface area contributed by atoms with Crippen molar-refractivity contribution in [2.45, 2.75) is 6.92 Å². The lowest BCUT2D eigenvalue weighted by atomic mass is 10.1. The largest absolute Gasteiger partial charge is 0.320 e. The third-order valence-electron chi connectivity index (χ3n) is 3.13. The number of aromatic nitrogens is 3. The van der Waals surface area contributed by atoms with E-state index in [1.165, 1.54) is 0 Å². The third-order valence-corrected chi connectivity index (χ3v) is 3.13. The highest BCUT2D eigenvalue weighted by atomic mass is 16.1. The number of hydrogen-bond donors (Lipinski definition) is 0. The molecule has 4 nitrogen and oxygen atoms in total. The molecule has 0 fully saturated rings. The van der Waals surface area contributed by atoms with Crippen LogP contribution in [-0.2, 0) is 7.05 Å². The van der Waals surface area contributed by atoms with Crippen molar-refractivity contribution in [3.05, 3.63) is 48.5 Å². The van der Waals surface area contributed by atoms with Gasteiger partial charge in [0.25, 0.3) is 0 Å². The Hall–Kier alpha value is -2.36. The van der Waals surface area contributed by atoms with Gasteiger partial charge in [-0.3, -0.25) is 4.79 Å². The van der Waals surface area contributed by atoms with Crippen LogP contribution in [0.3, 0.4) is 0 Å². The Morgan fingerprint density at radius 1 is 1.28 bits per heavy atom. The first kappa shape index (κ1) is 10.8. The van der Waals surface area contributed by atoms with Gasteiger partial charge in [-0.1, -0.05) is 18.2 Å². The van der Waals surface area contributed by atoms with Gasteiger partial charge < -0.3 is 9.13 Å². The second kappa shape index (κ2) is 3.84. The number of para-hydroxylation sites is 1. The van der Waals surface area contributed by atoms with Crippen molar-refractivity contribution >= 4 is 16.7 Å². The van der Waals surface area contributed by atoms with Crippen LogP contribution in [0.25, 0.3) is 16.7 Å². The second-order valence-corrected chi connectivity index (χ2v) is 4.35. The minimum Gasteiger partial charge on any atom is -0.320 e. The van der Waals surface area contributed by atoms with Gasteiger partial charge in [0.1, 0.15) is 5.82 Å². The summed E-state index contributed by atoms with van der Waals surface area (Å²) in [6.45, 7) is 1.59. The van der Waals surface area contributed by atoms with Gasteiger partial charge in [0.05, 0.1) is 18.0 Å². The molecule has 0 aliphatic carbocycles. The maximum atomic E-state index is 11.7. The van der Waals surface area contributed by atoms with Gasteiger partial charge in [-0.25, -0.2) is 4.98 Å². The van der Waals surface area contributed by atoms with Crippen molar-refractivity contribution < 1.29 is 4.79 Å². The number of imidazole rings is 1. The molecule has 0 bridgehead atoms. The normalized spacial score (nSPS) is 11.0. The van der Waals surface area contributed by atoms with Crippen LogP contribution in [0.15, 0.2) is 43.0 Å². The molecule has 2 heterocycles. The van der Waals surface area contributed by atoms with Crippen molar-refractivity contribution in [1.82, 2.24) is 14.1 Å². The zero-order valence-electron chi connectivity index (χ0n) is 10.3. The van der Waals surface area contributed by atoms with Crippen LogP contribution in [0.5, 0.6) is 0 Å². The molecule has 0 radical (unpaired) electrons. The third kappa shape index (κ3) is 1.46. The lowest BCUT2D eigenvalue weighted by molar-refractivity contribution is 0.101. The van der Waals surface area contributed by atoms with Crippen LogP contribution in [0.4, 0.5) is 0 Å². The van der Waals surface area contributed by atoms with Gasteiger partial charge in [0.2, 0.25) is 0 Å². The number of hydrogen-bond acceptors (Lipinski definition) is 2. The van der Waals surface area contributed by atoms with E-state index in [1.54, 1.807) is 19.4 Å². The molecule has 90 valence electrons. The van der Waals surface area contributed by atoms with Crippen LogP contribution in [0.1, 0.15) is 17.3 Å². The fraction of sp³-hybridized carbons (Fsp3) is 0.143. The van der Waals surface area contributed by atoms with Crippen molar-refractivity contribution in [3.8, 4) is 5.82 Å². The number of carbonyl (C=O) groups is 1. The van der Waals surface area contributed by atoms with E-state index in [9.17, 15) is 4.79 Å². The summed E-state index contributed by atoms with van der Waals surface area (Å²) in [6.07, 6.45) is 5.41. The lowest BCUT2D eigenvalue weighted by Crippen LogP contribution is -1.99. The Morgan fingerprint density at radius 3 is 2.72 bits per heavy atom. The van der Waals surface area contributed by atoms with E-state index in [1.807, 2.05) is 46.6 Å². The molecule has 0 unspecified atom stereocenters. The fourth-order valence-electron chi connectivity index (χ4n) is 2.23. The van der Waals surface area contributed by atoms with Crippen LogP contribution < -0.4 is 0 Å². The van der Waals surface area contributed by atoms with Crippen LogP contribution >= 0.6 is 0 Å².